The molecule has 1 aliphatic rings. The molecule has 1 fully saturated rings. The molecule has 1 aliphatic heterocycles. The van der Waals surface area contributed by atoms with Crippen LogP contribution < -0.4 is 24.8 Å². The number of rotatable bonds is 14. The maximum atomic E-state index is 15.0. The molecular formula is C36H42FN5O4. The van der Waals surface area contributed by atoms with Crippen LogP contribution in [-0.2, 0) is 0 Å². The molecule has 0 unspecified atom stereocenters. The van der Waals surface area contributed by atoms with E-state index in [2.05, 4.69) is 25.5 Å². The fraction of sp³-hybridized carbons (Fsp3) is 0.361. The van der Waals surface area contributed by atoms with E-state index in [0.29, 0.717) is 36.1 Å². The van der Waals surface area contributed by atoms with E-state index in [1.54, 1.807) is 24.3 Å². The van der Waals surface area contributed by atoms with Crippen molar-refractivity contribution in [2.24, 2.45) is 0 Å². The van der Waals surface area contributed by atoms with Crippen molar-refractivity contribution in [2.45, 2.75) is 52.9 Å². The maximum absolute atomic E-state index is 15.0. The number of piperidine rings is 1. The van der Waals surface area contributed by atoms with Gasteiger partial charge in [0.05, 0.1) is 13.2 Å². The molecule has 2 N–H and O–H groups in total. The van der Waals surface area contributed by atoms with Gasteiger partial charge in [-0.05, 0) is 88.0 Å². The molecule has 9 nitrogen and oxygen atoms in total. The third-order valence-electron chi connectivity index (χ3n) is 7.75. The SMILES string of the molecule is CCCOc1ccccc1Oc1nc(Nc2ccc(OCCCN3CCCCC3)c(F)c2)ncc1C(=O)Nc1c(C)cccc1C. The summed E-state index contributed by atoms with van der Waals surface area (Å²) in [4.78, 5) is 24.9. The summed E-state index contributed by atoms with van der Waals surface area (Å²) < 4.78 is 32.8. The van der Waals surface area contributed by atoms with Gasteiger partial charge in [-0.15, -0.1) is 0 Å². The number of carbonyl (C=O) groups is 1. The Morgan fingerprint density at radius 2 is 1.65 bits per heavy atom. The van der Waals surface area contributed by atoms with E-state index in [1.165, 1.54) is 31.5 Å². The van der Waals surface area contributed by atoms with Crippen LogP contribution in [0.1, 0.15) is 60.5 Å². The third-order valence-corrected chi connectivity index (χ3v) is 7.75. The molecule has 0 aliphatic carbocycles. The first-order valence-electron chi connectivity index (χ1n) is 16.0. The van der Waals surface area contributed by atoms with E-state index >= 15 is 0 Å². The Kier molecular flexibility index (Phi) is 11.4. The lowest BCUT2D eigenvalue weighted by molar-refractivity contribution is 0.102. The van der Waals surface area contributed by atoms with Gasteiger partial charge in [0.1, 0.15) is 5.56 Å². The van der Waals surface area contributed by atoms with Crippen molar-refractivity contribution in [1.82, 2.24) is 14.9 Å². The molecule has 1 aromatic heterocycles. The zero-order chi connectivity index (χ0) is 32.3. The van der Waals surface area contributed by atoms with E-state index in [9.17, 15) is 9.18 Å². The van der Waals surface area contributed by atoms with Gasteiger partial charge in [0.2, 0.25) is 11.8 Å². The number of aryl methyl sites for hydroxylation is 2. The Bertz CT molecular complexity index is 1610. The van der Waals surface area contributed by atoms with Gasteiger partial charge in [0, 0.05) is 30.2 Å². The van der Waals surface area contributed by atoms with Crippen LogP contribution in [0, 0.1) is 19.7 Å². The summed E-state index contributed by atoms with van der Waals surface area (Å²) in [6, 6.07) is 17.6. The fourth-order valence-electron chi connectivity index (χ4n) is 5.30. The molecule has 10 heteroatoms. The van der Waals surface area contributed by atoms with Crippen LogP contribution in [0.5, 0.6) is 23.1 Å². The Morgan fingerprint density at radius 3 is 2.39 bits per heavy atom. The Labute approximate surface area is 270 Å². The third kappa shape index (κ3) is 8.72. The summed E-state index contributed by atoms with van der Waals surface area (Å²) in [5.41, 5.74) is 3.09. The van der Waals surface area contributed by atoms with Crippen LogP contribution >= 0.6 is 0 Å². The second-order valence-electron chi connectivity index (χ2n) is 11.4. The quantitative estimate of drug-likeness (QED) is 0.136. The molecule has 1 amide bonds. The minimum atomic E-state index is -0.494. The second-order valence-corrected chi connectivity index (χ2v) is 11.4. The number of anilines is 3. The van der Waals surface area contributed by atoms with Crippen molar-refractivity contribution in [3.8, 4) is 23.1 Å². The molecule has 0 bridgehead atoms. The number of aromatic nitrogens is 2. The minimum Gasteiger partial charge on any atom is -0.490 e. The molecule has 0 atom stereocenters. The molecule has 46 heavy (non-hydrogen) atoms. The number of likely N-dealkylation sites (tertiary alicyclic amines) is 1. The van der Waals surface area contributed by atoms with Crippen LogP contribution in [-0.4, -0.2) is 53.6 Å². The summed E-state index contributed by atoms with van der Waals surface area (Å²) >= 11 is 0. The minimum absolute atomic E-state index is 0.0166. The Morgan fingerprint density at radius 1 is 0.913 bits per heavy atom. The van der Waals surface area contributed by atoms with E-state index in [0.717, 1.165) is 43.6 Å². The summed E-state index contributed by atoms with van der Waals surface area (Å²) in [7, 11) is 0. The molecule has 0 radical (unpaired) electrons. The van der Waals surface area contributed by atoms with Gasteiger partial charge in [-0.3, -0.25) is 4.79 Å². The number of carbonyl (C=O) groups excluding carboxylic acids is 1. The largest absolute Gasteiger partial charge is 0.490 e. The Balaban J connectivity index is 1.33. The highest BCUT2D eigenvalue weighted by Gasteiger charge is 2.20. The standard InChI is InChI=1S/C36H42FN5O4/c1-4-21-44-31-14-6-7-15-32(31)46-35-28(34(43)40-33-25(2)12-10-13-26(33)3)24-38-36(41-35)39-27-16-17-30(29(37)23-27)45-22-11-20-42-18-8-5-9-19-42/h6-7,10,12-17,23-24H,4-5,8-9,11,18-22H2,1-3H3,(H,40,43)(H,38,39,41). The van der Waals surface area contributed by atoms with E-state index in [-0.39, 0.29) is 23.1 Å². The molecule has 242 valence electrons. The van der Waals surface area contributed by atoms with E-state index < -0.39 is 11.7 Å². The van der Waals surface area contributed by atoms with Crippen LogP contribution in [0.25, 0.3) is 0 Å². The van der Waals surface area contributed by atoms with Gasteiger partial charge in [-0.25, -0.2) is 9.37 Å². The van der Waals surface area contributed by atoms with Crippen molar-refractivity contribution in [3.63, 3.8) is 0 Å². The molecule has 2 heterocycles. The number of nitrogens with one attached hydrogen (secondary N) is 2. The number of halogens is 1. The molecule has 5 rings (SSSR count). The van der Waals surface area contributed by atoms with Crippen molar-refractivity contribution in [3.05, 3.63) is 89.4 Å². The van der Waals surface area contributed by atoms with Crippen molar-refractivity contribution in [2.75, 3.05) is 43.5 Å². The van der Waals surface area contributed by atoms with Crippen LogP contribution in [0.4, 0.5) is 21.7 Å². The highest BCUT2D eigenvalue weighted by atomic mass is 19.1. The van der Waals surface area contributed by atoms with Gasteiger partial charge in [-0.1, -0.05) is 43.7 Å². The number of benzene rings is 3. The number of amides is 1. The first-order valence-corrected chi connectivity index (χ1v) is 16.0. The first kappa shape index (κ1) is 32.7. The van der Waals surface area contributed by atoms with E-state index in [1.807, 2.05) is 51.1 Å². The molecule has 0 spiro atoms. The highest BCUT2D eigenvalue weighted by Crippen LogP contribution is 2.34. The zero-order valence-corrected chi connectivity index (χ0v) is 26.8. The highest BCUT2D eigenvalue weighted by molar-refractivity contribution is 6.06. The van der Waals surface area contributed by atoms with E-state index in [4.69, 9.17) is 14.2 Å². The predicted molar refractivity (Wildman–Crippen MR) is 178 cm³/mol. The number of nitrogens with zero attached hydrogens (tertiary/aromatic N) is 3. The van der Waals surface area contributed by atoms with Crippen LogP contribution in [0.3, 0.4) is 0 Å². The zero-order valence-electron chi connectivity index (χ0n) is 26.8. The topological polar surface area (TPSA) is 97.8 Å². The maximum Gasteiger partial charge on any atom is 0.262 e. The molecule has 3 aromatic carbocycles. The smallest absolute Gasteiger partial charge is 0.262 e. The van der Waals surface area contributed by atoms with Gasteiger partial charge in [0.15, 0.2) is 23.1 Å². The summed E-state index contributed by atoms with van der Waals surface area (Å²) in [5.74, 6) is 0.325. The van der Waals surface area contributed by atoms with Gasteiger partial charge < -0.3 is 29.7 Å². The Hall–Kier alpha value is -4.70. The summed E-state index contributed by atoms with van der Waals surface area (Å²) in [6.07, 6.45) is 6.83. The molecule has 0 saturated carbocycles. The van der Waals surface area contributed by atoms with Gasteiger partial charge >= 0.3 is 0 Å². The summed E-state index contributed by atoms with van der Waals surface area (Å²) in [6.45, 7) is 10.0. The second kappa shape index (κ2) is 16.0. The predicted octanol–water partition coefficient (Wildman–Crippen LogP) is 8.06. The molecule has 4 aromatic rings. The average Bonchev–Trinajstić information content (AvgIpc) is 3.06. The van der Waals surface area contributed by atoms with Crippen LogP contribution in [0.2, 0.25) is 0 Å². The first-order chi connectivity index (χ1) is 22.4. The number of hydrogen-bond donors (Lipinski definition) is 2. The molecule has 1 saturated heterocycles. The normalized spacial score (nSPS) is 13.2. The van der Waals surface area contributed by atoms with Crippen LogP contribution in [0.15, 0.2) is 66.9 Å². The lowest BCUT2D eigenvalue weighted by atomic mass is 10.1. The lowest BCUT2D eigenvalue weighted by Crippen LogP contribution is -2.31. The van der Waals surface area contributed by atoms with Crippen molar-refractivity contribution >= 4 is 23.2 Å². The fourth-order valence-corrected chi connectivity index (χ4v) is 5.30. The van der Waals surface area contributed by atoms with Gasteiger partial charge in [0.25, 0.3) is 5.91 Å². The van der Waals surface area contributed by atoms with Gasteiger partial charge in [-0.2, -0.15) is 4.98 Å². The average molecular weight is 628 g/mol. The number of para-hydroxylation sites is 3. The summed E-state index contributed by atoms with van der Waals surface area (Å²) in [5, 5.41) is 6.00. The monoisotopic (exact) mass is 627 g/mol. The molecular weight excluding hydrogens is 585 g/mol. The lowest BCUT2D eigenvalue weighted by Gasteiger charge is -2.26. The number of hydrogen-bond acceptors (Lipinski definition) is 8. The van der Waals surface area contributed by atoms with Crippen molar-refractivity contribution in [1.29, 1.82) is 0 Å². The number of ether oxygens (including phenoxy) is 3. The van der Waals surface area contributed by atoms with Crippen molar-refractivity contribution < 1.29 is 23.4 Å².